The first-order valence-electron chi connectivity index (χ1n) is 10.1. The second-order valence-electron chi connectivity index (χ2n) is 7.49. The van der Waals surface area contributed by atoms with Gasteiger partial charge in [-0.05, 0) is 42.0 Å². The zero-order chi connectivity index (χ0) is 21.4. The molecule has 0 spiro atoms. The lowest BCUT2D eigenvalue weighted by Crippen LogP contribution is -2.25. The second-order valence-corrected chi connectivity index (χ2v) is 8.41. The summed E-state index contributed by atoms with van der Waals surface area (Å²) in [5.74, 6) is 0. The smallest absolute Gasteiger partial charge is 0.136 e. The van der Waals surface area contributed by atoms with Crippen LogP contribution in [0.5, 0.6) is 0 Å². The average Bonchev–Trinajstić information content (AvgIpc) is 3.16. The third-order valence-corrected chi connectivity index (χ3v) is 5.95. The summed E-state index contributed by atoms with van der Waals surface area (Å²) in [6, 6.07) is 30.6. The molecule has 0 atom stereocenters. The highest BCUT2D eigenvalue weighted by Gasteiger charge is 2.15. The average molecular weight is 466 g/mol. The molecule has 0 saturated carbocycles. The summed E-state index contributed by atoms with van der Waals surface area (Å²) >= 11 is 3.61. The topological polar surface area (TPSA) is 25.5 Å². The molecule has 0 N–H and O–H groups in total. The molecule has 4 aromatic carbocycles. The van der Waals surface area contributed by atoms with Gasteiger partial charge in [0.25, 0.3) is 0 Å². The number of hydrogen-bond donors (Lipinski definition) is 0. The molecule has 0 fully saturated rings. The number of benzene rings is 4. The van der Waals surface area contributed by atoms with Crippen molar-refractivity contribution >= 4 is 55.9 Å². The van der Waals surface area contributed by atoms with Gasteiger partial charge >= 0.3 is 0 Å². The van der Waals surface area contributed by atoms with Crippen molar-refractivity contribution in [3.63, 3.8) is 0 Å². The van der Waals surface area contributed by atoms with E-state index >= 15 is 0 Å². The lowest BCUT2D eigenvalue weighted by Gasteiger charge is -2.09. The van der Waals surface area contributed by atoms with E-state index in [1.54, 1.807) is 0 Å². The summed E-state index contributed by atoms with van der Waals surface area (Å²) < 4.78 is 7.17. The maximum Gasteiger partial charge on any atom is 0.136 e. The fourth-order valence-electron chi connectivity index (χ4n) is 3.92. The Bertz CT molecular complexity index is 1560. The van der Waals surface area contributed by atoms with Crippen molar-refractivity contribution in [2.24, 2.45) is 4.99 Å². The van der Waals surface area contributed by atoms with E-state index in [9.17, 15) is 0 Å². The quantitative estimate of drug-likeness (QED) is 0.282. The van der Waals surface area contributed by atoms with Crippen LogP contribution in [0.2, 0.25) is 0 Å². The van der Waals surface area contributed by atoms with E-state index < -0.39 is 0 Å². The number of aliphatic imine (C=N–C) groups is 1. The van der Waals surface area contributed by atoms with Gasteiger partial charge in [0.05, 0.1) is 5.70 Å². The van der Waals surface area contributed by atoms with Crippen molar-refractivity contribution in [2.75, 3.05) is 0 Å². The largest absolute Gasteiger partial charge is 0.456 e. The van der Waals surface area contributed by atoms with Crippen LogP contribution >= 0.6 is 15.9 Å². The van der Waals surface area contributed by atoms with Gasteiger partial charge in [-0.3, -0.25) is 4.99 Å². The SMILES string of the molecule is C=c1cccc/c1=C(/N=C(C)c1ccccc1)c1cccc2oc3ccc(Br)cc3c12. The van der Waals surface area contributed by atoms with Crippen LogP contribution in [0.25, 0.3) is 34.2 Å². The number of halogens is 1. The third-order valence-electron chi connectivity index (χ3n) is 5.46. The minimum atomic E-state index is 0.845. The van der Waals surface area contributed by atoms with Gasteiger partial charge < -0.3 is 4.42 Å². The summed E-state index contributed by atoms with van der Waals surface area (Å²) in [5, 5.41) is 4.07. The Hall–Kier alpha value is -3.43. The lowest BCUT2D eigenvalue weighted by molar-refractivity contribution is 0.669. The van der Waals surface area contributed by atoms with Crippen LogP contribution in [-0.2, 0) is 0 Å². The van der Waals surface area contributed by atoms with Crippen molar-refractivity contribution in [1.29, 1.82) is 0 Å². The molecule has 0 aliphatic carbocycles. The molecule has 150 valence electrons. The number of fused-ring (bicyclic) bond motifs is 3. The molecule has 5 aromatic rings. The molecule has 0 amide bonds. The molecule has 1 heterocycles. The maximum absolute atomic E-state index is 6.16. The summed E-state index contributed by atoms with van der Waals surface area (Å²) in [6.07, 6.45) is 0. The maximum atomic E-state index is 6.16. The Morgan fingerprint density at radius 1 is 0.839 bits per heavy atom. The monoisotopic (exact) mass is 465 g/mol. The van der Waals surface area contributed by atoms with Crippen LogP contribution in [-0.4, -0.2) is 5.71 Å². The van der Waals surface area contributed by atoms with Gasteiger partial charge in [-0.25, -0.2) is 0 Å². The Labute approximate surface area is 189 Å². The number of rotatable bonds is 3. The van der Waals surface area contributed by atoms with Crippen molar-refractivity contribution in [2.45, 2.75) is 6.92 Å². The van der Waals surface area contributed by atoms with E-state index in [-0.39, 0.29) is 0 Å². The van der Waals surface area contributed by atoms with E-state index in [0.717, 1.165) is 59.4 Å². The predicted molar refractivity (Wildman–Crippen MR) is 134 cm³/mol. The van der Waals surface area contributed by atoms with Gasteiger partial charge in [-0.1, -0.05) is 89.2 Å². The van der Waals surface area contributed by atoms with E-state index in [0.29, 0.717) is 0 Å². The van der Waals surface area contributed by atoms with Gasteiger partial charge in [0, 0.05) is 31.7 Å². The molecule has 1 aromatic heterocycles. The zero-order valence-electron chi connectivity index (χ0n) is 17.1. The van der Waals surface area contributed by atoms with Gasteiger partial charge in [-0.2, -0.15) is 0 Å². The normalized spacial score (nSPS) is 13.0. The molecule has 0 saturated heterocycles. The van der Waals surface area contributed by atoms with Crippen molar-refractivity contribution in [3.8, 4) is 0 Å². The van der Waals surface area contributed by atoms with Crippen LogP contribution < -0.4 is 10.4 Å². The first-order chi connectivity index (χ1) is 15.1. The van der Waals surface area contributed by atoms with E-state index in [4.69, 9.17) is 9.41 Å². The first kappa shape index (κ1) is 19.5. The van der Waals surface area contributed by atoms with Crippen molar-refractivity contribution < 1.29 is 4.42 Å². The Balaban J connectivity index is 1.90. The second kappa shape index (κ2) is 8.01. The van der Waals surface area contributed by atoms with Gasteiger partial charge in [-0.15, -0.1) is 0 Å². The van der Waals surface area contributed by atoms with Crippen molar-refractivity contribution in [3.05, 3.63) is 117 Å². The molecular weight excluding hydrogens is 446 g/mol. The van der Waals surface area contributed by atoms with E-state index in [1.807, 2.05) is 67.6 Å². The van der Waals surface area contributed by atoms with Gasteiger partial charge in [0.2, 0.25) is 0 Å². The highest BCUT2D eigenvalue weighted by molar-refractivity contribution is 9.10. The fourth-order valence-corrected chi connectivity index (χ4v) is 4.29. The third kappa shape index (κ3) is 3.62. The van der Waals surface area contributed by atoms with Gasteiger partial charge in [0.1, 0.15) is 11.2 Å². The molecular formula is C28H20BrNO. The number of hydrogen-bond acceptors (Lipinski definition) is 2. The Morgan fingerprint density at radius 2 is 1.61 bits per heavy atom. The number of nitrogens with zero attached hydrogens (tertiary/aromatic N) is 1. The summed E-state index contributed by atoms with van der Waals surface area (Å²) in [5.41, 5.74) is 5.66. The summed E-state index contributed by atoms with van der Waals surface area (Å²) in [6.45, 7) is 6.32. The first-order valence-corrected chi connectivity index (χ1v) is 10.9. The standard InChI is InChI=1S/C28H20BrNO/c1-18-9-6-7-12-22(18)28(30-19(2)20-10-4-3-5-11-20)23-13-8-14-26-27(23)24-17-21(29)15-16-25(24)31-26/h3-17H,1H2,2H3/b28-22-,30-19?. The minimum absolute atomic E-state index is 0.845. The van der Waals surface area contributed by atoms with E-state index in [1.165, 1.54) is 0 Å². The van der Waals surface area contributed by atoms with Crippen molar-refractivity contribution in [1.82, 2.24) is 0 Å². The summed E-state index contributed by atoms with van der Waals surface area (Å²) in [4.78, 5) is 5.15. The molecule has 31 heavy (non-hydrogen) atoms. The molecule has 0 unspecified atom stereocenters. The summed E-state index contributed by atoms with van der Waals surface area (Å²) in [7, 11) is 0. The predicted octanol–water partition coefficient (Wildman–Crippen LogP) is 6.42. The molecule has 0 aliphatic heterocycles. The van der Waals surface area contributed by atoms with Crippen LogP contribution in [0, 0.1) is 0 Å². The Morgan fingerprint density at radius 3 is 2.42 bits per heavy atom. The zero-order valence-corrected chi connectivity index (χ0v) is 18.7. The molecule has 2 nitrogen and oxygen atoms in total. The molecule has 3 heteroatoms. The molecule has 0 bridgehead atoms. The van der Waals surface area contributed by atoms with Crippen LogP contribution in [0.4, 0.5) is 0 Å². The molecule has 0 aliphatic rings. The van der Waals surface area contributed by atoms with Crippen LogP contribution in [0.15, 0.2) is 105 Å². The highest BCUT2D eigenvalue weighted by Crippen LogP contribution is 2.35. The van der Waals surface area contributed by atoms with Crippen LogP contribution in [0.1, 0.15) is 18.1 Å². The van der Waals surface area contributed by atoms with E-state index in [2.05, 4.69) is 52.8 Å². The highest BCUT2D eigenvalue weighted by atomic mass is 79.9. The molecule has 5 rings (SSSR count). The number of furan rings is 1. The Kier molecular flexibility index (Phi) is 5.05. The van der Waals surface area contributed by atoms with Gasteiger partial charge in [0.15, 0.2) is 0 Å². The lowest BCUT2D eigenvalue weighted by atomic mass is 10.0. The fraction of sp³-hybridized carbons (Fsp3) is 0.0357. The molecule has 0 radical (unpaired) electrons. The minimum Gasteiger partial charge on any atom is -0.456 e. The van der Waals surface area contributed by atoms with Crippen LogP contribution in [0.3, 0.4) is 0 Å².